The molecule has 0 bridgehead atoms. The highest BCUT2D eigenvalue weighted by Gasteiger charge is 2.30. The Kier molecular flexibility index (Phi) is 5.75. The van der Waals surface area contributed by atoms with E-state index in [-0.39, 0.29) is 23.9 Å². The molecule has 0 amide bonds. The molecule has 0 aliphatic carbocycles. The van der Waals surface area contributed by atoms with Crippen LogP contribution in [0.1, 0.15) is 31.8 Å². The highest BCUT2D eigenvalue weighted by Crippen LogP contribution is 2.39. The molecule has 4 nitrogen and oxygen atoms in total. The van der Waals surface area contributed by atoms with Gasteiger partial charge in [0.1, 0.15) is 11.5 Å². The molecule has 4 rings (SSSR count). The number of ketones is 2. The molecule has 0 fully saturated rings. The number of hydrogen-bond acceptors (Lipinski definition) is 4. The highest BCUT2D eigenvalue weighted by molar-refractivity contribution is 9.10. The molecule has 0 saturated heterocycles. The lowest BCUT2D eigenvalue weighted by atomic mass is 10.1. The fourth-order valence-corrected chi connectivity index (χ4v) is 3.49. The van der Waals surface area contributed by atoms with Crippen LogP contribution in [-0.4, -0.2) is 18.2 Å². The zero-order chi connectivity index (χ0) is 21.3. The molecule has 1 aliphatic heterocycles. The number of allylic oxidation sites excluding steroid dienone is 1. The summed E-state index contributed by atoms with van der Waals surface area (Å²) in [4.78, 5) is 25.0. The van der Waals surface area contributed by atoms with E-state index in [1.165, 1.54) is 0 Å². The lowest BCUT2D eigenvalue weighted by Crippen LogP contribution is -2.12. The fraction of sp³-hybridized carbons (Fsp3) is 0.0833. The van der Waals surface area contributed by atoms with Gasteiger partial charge in [-0.3, -0.25) is 9.59 Å². The van der Waals surface area contributed by atoms with E-state index in [0.29, 0.717) is 33.2 Å². The maximum Gasteiger partial charge on any atom is 0.231 e. The average Bonchev–Trinajstić information content (AvgIpc) is 3.06. The van der Waals surface area contributed by atoms with Crippen LogP contribution in [0.25, 0.3) is 6.08 Å². The van der Waals surface area contributed by atoms with E-state index in [1.54, 1.807) is 49.4 Å². The second-order valence-corrected chi connectivity index (χ2v) is 8.13. The van der Waals surface area contributed by atoms with Gasteiger partial charge in [-0.2, -0.15) is 0 Å². The van der Waals surface area contributed by atoms with Gasteiger partial charge in [0.05, 0.1) is 5.56 Å². The normalized spacial score (nSPS) is 13.8. The maximum absolute atomic E-state index is 12.7. The van der Waals surface area contributed by atoms with Crippen molar-refractivity contribution in [1.29, 1.82) is 0 Å². The van der Waals surface area contributed by atoms with Gasteiger partial charge in [0.2, 0.25) is 5.78 Å². The highest BCUT2D eigenvalue weighted by atomic mass is 79.9. The summed E-state index contributed by atoms with van der Waals surface area (Å²) < 4.78 is 12.5. The van der Waals surface area contributed by atoms with Crippen molar-refractivity contribution in [2.24, 2.45) is 0 Å². The van der Waals surface area contributed by atoms with Gasteiger partial charge in [0.15, 0.2) is 18.1 Å². The van der Waals surface area contributed by atoms with Crippen LogP contribution in [0.5, 0.6) is 11.5 Å². The maximum atomic E-state index is 12.7. The Balaban J connectivity index is 1.52. The predicted octanol–water partition coefficient (Wildman–Crippen LogP) is 6.29. The van der Waals surface area contributed by atoms with Gasteiger partial charge >= 0.3 is 0 Å². The van der Waals surface area contributed by atoms with Gasteiger partial charge in [-0.1, -0.05) is 39.7 Å². The molecule has 0 atom stereocenters. The second kappa shape index (κ2) is 8.46. The largest absolute Gasteiger partial charge is 0.485 e. The van der Waals surface area contributed by atoms with Gasteiger partial charge in [-0.15, -0.1) is 0 Å². The Morgan fingerprint density at radius 2 is 1.77 bits per heavy atom. The van der Waals surface area contributed by atoms with E-state index < -0.39 is 0 Å². The number of halogens is 2. The minimum absolute atomic E-state index is 0.128. The molecule has 150 valence electrons. The molecule has 0 unspecified atom stereocenters. The van der Waals surface area contributed by atoms with Crippen molar-refractivity contribution in [3.63, 3.8) is 0 Å². The molecule has 1 aliphatic rings. The first-order chi connectivity index (χ1) is 14.4. The quantitative estimate of drug-likeness (QED) is 0.316. The first-order valence-corrected chi connectivity index (χ1v) is 10.3. The number of fused-ring (bicyclic) bond motifs is 1. The fourth-order valence-electron chi connectivity index (χ4n) is 3.10. The summed E-state index contributed by atoms with van der Waals surface area (Å²) in [5, 5.41) is 0.566. The summed E-state index contributed by atoms with van der Waals surface area (Å²) in [5.41, 5.74) is 2.53. The topological polar surface area (TPSA) is 52.6 Å². The first-order valence-electron chi connectivity index (χ1n) is 9.17. The van der Waals surface area contributed by atoms with Crippen LogP contribution < -0.4 is 9.47 Å². The first kappa shape index (κ1) is 20.4. The minimum atomic E-state index is -0.181. The molecule has 0 saturated carbocycles. The second-order valence-electron chi connectivity index (χ2n) is 6.78. The summed E-state index contributed by atoms with van der Waals surface area (Å²) in [6.07, 6.45) is 1.71. The Labute approximate surface area is 187 Å². The van der Waals surface area contributed by atoms with Crippen LogP contribution in [0, 0.1) is 6.92 Å². The van der Waals surface area contributed by atoms with Crippen molar-refractivity contribution < 1.29 is 19.1 Å². The van der Waals surface area contributed by atoms with E-state index >= 15 is 0 Å². The molecular formula is C24H16BrClO4. The third-order valence-corrected chi connectivity index (χ3v) is 5.51. The number of carbonyl (C=O) groups is 2. The summed E-state index contributed by atoms with van der Waals surface area (Å²) >= 11 is 9.25. The summed E-state index contributed by atoms with van der Waals surface area (Å²) in [5.74, 6) is 0.859. The van der Waals surface area contributed by atoms with Crippen molar-refractivity contribution in [1.82, 2.24) is 0 Å². The number of hydrogen-bond donors (Lipinski definition) is 0. The molecule has 0 aromatic heterocycles. The van der Waals surface area contributed by atoms with E-state index in [4.69, 9.17) is 21.1 Å². The van der Waals surface area contributed by atoms with E-state index in [1.807, 2.05) is 24.3 Å². The summed E-state index contributed by atoms with van der Waals surface area (Å²) in [6, 6.07) is 17.6. The number of Topliss-reactive ketones (excluding diaryl/α,β-unsaturated/α-hetero) is 2. The van der Waals surface area contributed by atoms with Crippen molar-refractivity contribution in [3.8, 4) is 11.5 Å². The van der Waals surface area contributed by atoms with Gasteiger partial charge < -0.3 is 9.47 Å². The van der Waals surface area contributed by atoms with Gasteiger partial charge in [-0.05, 0) is 67.1 Å². The predicted molar refractivity (Wildman–Crippen MR) is 120 cm³/mol. The SMILES string of the molecule is Cc1c(OCC(=O)c2ccc(Cl)cc2)ccc2c1O/C(=C\c1ccc(Br)cc1)C2=O. The molecule has 0 spiro atoms. The van der Waals surface area contributed by atoms with Crippen molar-refractivity contribution >= 4 is 45.2 Å². The monoisotopic (exact) mass is 482 g/mol. The Morgan fingerprint density at radius 3 is 2.47 bits per heavy atom. The standard InChI is InChI=1S/C24H16BrClO4/c1-14-21(29-13-20(27)16-4-8-18(26)9-5-16)11-10-19-23(28)22(30-24(14)19)12-15-2-6-17(25)7-3-15/h2-12H,13H2,1H3/b22-12-. The third-order valence-electron chi connectivity index (χ3n) is 4.73. The number of ether oxygens (including phenoxy) is 2. The Morgan fingerprint density at radius 1 is 1.07 bits per heavy atom. The third kappa shape index (κ3) is 4.18. The lowest BCUT2D eigenvalue weighted by molar-refractivity contribution is 0.0920. The van der Waals surface area contributed by atoms with Crippen LogP contribution in [0.2, 0.25) is 5.02 Å². The van der Waals surface area contributed by atoms with Crippen LogP contribution >= 0.6 is 27.5 Å². The Hall–Kier alpha value is -2.89. The molecule has 3 aromatic rings. The molecule has 0 N–H and O–H groups in total. The molecule has 1 heterocycles. The van der Waals surface area contributed by atoms with Gasteiger partial charge in [0, 0.05) is 20.6 Å². The van der Waals surface area contributed by atoms with Crippen LogP contribution in [0.4, 0.5) is 0 Å². The van der Waals surface area contributed by atoms with Gasteiger partial charge in [0.25, 0.3) is 0 Å². The number of carbonyl (C=O) groups excluding carboxylic acids is 2. The van der Waals surface area contributed by atoms with Crippen LogP contribution in [-0.2, 0) is 0 Å². The number of rotatable bonds is 5. The molecule has 3 aromatic carbocycles. The molecule has 30 heavy (non-hydrogen) atoms. The van der Waals surface area contributed by atoms with E-state index in [2.05, 4.69) is 15.9 Å². The summed E-state index contributed by atoms with van der Waals surface area (Å²) in [7, 11) is 0. The van der Waals surface area contributed by atoms with Crippen LogP contribution in [0.3, 0.4) is 0 Å². The lowest BCUT2D eigenvalue weighted by Gasteiger charge is -2.11. The minimum Gasteiger partial charge on any atom is -0.485 e. The summed E-state index contributed by atoms with van der Waals surface area (Å²) in [6.45, 7) is 1.67. The number of benzene rings is 3. The van der Waals surface area contributed by atoms with Crippen molar-refractivity contribution in [2.45, 2.75) is 6.92 Å². The average molecular weight is 484 g/mol. The van der Waals surface area contributed by atoms with E-state index in [9.17, 15) is 9.59 Å². The smallest absolute Gasteiger partial charge is 0.231 e. The van der Waals surface area contributed by atoms with Gasteiger partial charge in [-0.25, -0.2) is 0 Å². The van der Waals surface area contributed by atoms with Crippen molar-refractivity contribution in [2.75, 3.05) is 6.61 Å². The zero-order valence-electron chi connectivity index (χ0n) is 15.9. The molecule has 6 heteroatoms. The Bertz CT molecular complexity index is 1170. The van der Waals surface area contributed by atoms with Crippen molar-refractivity contribution in [3.05, 3.63) is 98.2 Å². The zero-order valence-corrected chi connectivity index (χ0v) is 18.3. The van der Waals surface area contributed by atoms with Crippen LogP contribution in [0.15, 0.2) is 70.9 Å². The molecular weight excluding hydrogens is 468 g/mol. The molecule has 0 radical (unpaired) electrons. The van der Waals surface area contributed by atoms with E-state index in [0.717, 1.165) is 10.0 Å².